The van der Waals surface area contributed by atoms with Crippen molar-refractivity contribution in [2.75, 3.05) is 86.4 Å². The van der Waals surface area contributed by atoms with Crippen LogP contribution in [-0.4, -0.2) is 86.4 Å². The van der Waals surface area contributed by atoms with Gasteiger partial charge in [0.2, 0.25) is 0 Å². The van der Waals surface area contributed by atoms with Gasteiger partial charge in [0.1, 0.15) is 0 Å². The molecule has 0 aliphatic heterocycles. The minimum absolute atomic E-state index is 0.121. The molecule has 0 aromatic heterocycles. The van der Waals surface area contributed by atoms with Crippen LogP contribution in [-0.2, 0) is 41.8 Å². The minimum Gasteiger partial charge on any atom is -0.379 e. The number of hydrogen-bond acceptors (Lipinski definition) is 9. The Morgan fingerprint density at radius 2 is 1.00 bits per heavy atom. The van der Waals surface area contributed by atoms with Gasteiger partial charge in [-0.1, -0.05) is 20.8 Å². The molecule has 0 saturated carbocycles. The SMILES string of the molecule is CCOP(=O)(OC)OCCOCCOCCOCCOCCOCCC(C)(C)C. The number of phosphoric ester groups is 1. The molecule has 29 heavy (non-hydrogen) atoms. The summed E-state index contributed by atoms with van der Waals surface area (Å²) >= 11 is 0. The van der Waals surface area contributed by atoms with Crippen LogP contribution in [0.2, 0.25) is 0 Å². The Bertz CT molecular complexity index is 402. The van der Waals surface area contributed by atoms with E-state index < -0.39 is 7.82 Å². The van der Waals surface area contributed by atoms with Crippen LogP contribution in [0.4, 0.5) is 0 Å². The number of hydrogen-bond donors (Lipinski definition) is 0. The topological polar surface area (TPSA) is 90.9 Å². The van der Waals surface area contributed by atoms with Crippen molar-refractivity contribution < 1.29 is 41.8 Å². The van der Waals surface area contributed by atoms with Crippen LogP contribution in [0.25, 0.3) is 0 Å². The second kappa shape index (κ2) is 18.7. The lowest BCUT2D eigenvalue weighted by Crippen LogP contribution is -2.15. The fourth-order valence-corrected chi connectivity index (χ4v) is 2.77. The maximum atomic E-state index is 11.8. The standard InChI is InChI=1S/C19H41O9P/c1-6-27-29(20,21-5)28-18-17-26-16-15-25-14-13-24-12-11-23-10-9-22-8-7-19(2,3)4/h6-18H2,1-5H3. The van der Waals surface area contributed by atoms with E-state index >= 15 is 0 Å². The molecule has 0 spiro atoms. The van der Waals surface area contributed by atoms with Crippen molar-refractivity contribution in [2.45, 2.75) is 34.1 Å². The summed E-state index contributed by atoms with van der Waals surface area (Å²) in [6.45, 7) is 13.8. The molecule has 1 unspecified atom stereocenters. The Morgan fingerprint density at radius 3 is 1.34 bits per heavy atom. The maximum Gasteiger partial charge on any atom is 0.474 e. The van der Waals surface area contributed by atoms with Gasteiger partial charge < -0.3 is 23.7 Å². The van der Waals surface area contributed by atoms with Crippen molar-refractivity contribution in [2.24, 2.45) is 5.41 Å². The summed E-state index contributed by atoms with van der Waals surface area (Å²) in [6.07, 6.45) is 1.04. The summed E-state index contributed by atoms with van der Waals surface area (Å²) < 4.78 is 53.6. The zero-order valence-electron chi connectivity index (χ0n) is 18.8. The van der Waals surface area contributed by atoms with Crippen LogP contribution in [0, 0.1) is 5.41 Å². The number of phosphoric acid groups is 1. The first-order valence-corrected chi connectivity index (χ1v) is 11.6. The van der Waals surface area contributed by atoms with Gasteiger partial charge in [-0.15, -0.1) is 0 Å². The maximum absolute atomic E-state index is 11.8. The summed E-state index contributed by atoms with van der Waals surface area (Å²) in [5.41, 5.74) is 0.302. The van der Waals surface area contributed by atoms with Crippen LogP contribution >= 0.6 is 7.82 Å². The molecular weight excluding hydrogens is 403 g/mol. The fraction of sp³-hybridized carbons (Fsp3) is 1.00. The van der Waals surface area contributed by atoms with E-state index in [0.717, 1.165) is 13.0 Å². The van der Waals surface area contributed by atoms with Crippen LogP contribution in [0.15, 0.2) is 0 Å². The van der Waals surface area contributed by atoms with E-state index in [4.69, 9.17) is 37.3 Å². The van der Waals surface area contributed by atoms with Crippen molar-refractivity contribution in [3.63, 3.8) is 0 Å². The Morgan fingerprint density at radius 1 is 0.621 bits per heavy atom. The zero-order valence-corrected chi connectivity index (χ0v) is 19.7. The van der Waals surface area contributed by atoms with Gasteiger partial charge in [0, 0.05) is 13.7 Å². The summed E-state index contributed by atoms with van der Waals surface area (Å²) in [5.74, 6) is 0. The van der Waals surface area contributed by atoms with Gasteiger partial charge in [-0.2, -0.15) is 0 Å². The largest absolute Gasteiger partial charge is 0.474 e. The number of rotatable bonds is 21. The molecule has 0 aliphatic carbocycles. The first-order valence-electron chi connectivity index (χ1n) is 10.2. The third-order valence-corrected chi connectivity index (χ3v) is 4.99. The molecule has 0 amide bonds. The summed E-state index contributed by atoms with van der Waals surface area (Å²) in [6, 6.07) is 0. The third-order valence-electron chi connectivity index (χ3n) is 3.47. The summed E-state index contributed by atoms with van der Waals surface area (Å²) in [4.78, 5) is 0. The molecule has 0 aromatic rings. The Balaban J connectivity index is 3.22. The molecule has 1 atom stereocenters. The van der Waals surface area contributed by atoms with Crippen LogP contribution in [0.5, 0.6) is 0 Å². The zero-order chi connectivity index (χ0) is 21.8. The molecule has 0 radical (unpaired) electrons. The van der Waals surface area contributed by atoms with E-state index in [1.54, 1.807) is 6.92 Å². The van der Waals surface area contributed by atoms with Gasteiger partial charge in [-0.25, -0.2) is 4.57 Å². The van der Waals surface area contributed by atoms with E-state index in [9.17, 15) is 4.57 Å². The van der Waals surface area contributed by atoms with Gasteiger partial charge in [0.15, 0.2) is 0 Å². The quantitative estimate of drug-likeness (QED) is 0.195. The van der Waals surface area contributed by atoms with E-state index in [1.165, 1.54) is 7.11 Å². The summed E-state index contributed by atoms with van der Waals surface area (Å²) in [7, 11) is -2.16. The van der Waals surface area contributed by atoms with Crippen molar-refractivity contribution in [3.05, 3.63) is 0 Å². The highest BCUT2D eigenvalue weighted by Gasteiger charge is 2.23. The average molecular weight is 445 g/mol. The average Bonchev–Trinajstić information content (AvgIpc) is 2.66. The molecule has 176 valence electrons. The first-order chi connectivity index (χ1) is 13.8. The van der Waals surface area contributed by atoms with Crippen molar-refractivity contribution in [1.82, 2.24) is 0 Å². The molecule has 10 heteroatoms. The monoisotopic (exact) mass is 444 g/mol. The fourth-order valence-electron chi connectivity index (χ4n) is 1.87. The Hall–Kier alpha value is -0.0900. The normalized spacial score (nSPS) is 14.2. The van der Waals surface area contributed by atoms with Gasteiger partial charge in [0.05, 0.1) is 72.7 Å². The van der Waals surface area contributed by atoms with E-state index in [1.807, 2.05) is 0 Å². The minimum atomic E-state index is -3.44. The first kappa shape index (κ1) is 28.9. The van der Waals surface area contributed by atoms with Crippen molar-refractivity contribution in [3.8, 4) is 0 Å². The van der Waals surface area contributed by atoms with Crippen LogP contribution < -0.4 is 0 Å². The predicted molar refractivity (Wildman–Crippen MR) is 110 cm³/mol. The molecule has 0 aromatic carbocycles. The van der Waals surface area contributed by atoms with Gasteiger partial charge in [-0.05, 0) is 18.8 Å². The molecule has 0 N–H and O–H groups in total. The lowest BCUT2D eigenvalue weighted by molar-refractivity contribution is -0.0147. The van der Waals surface area contributed by atoms with Gasteiger partial charge >= 0.3 is 7.82 Å². The molecule has 0 aliphatic rings. The summed E-state index contributed by atoms with van der Waals surface area (Å²) in [5, 5.41) is 0. The Kier molecular flexibility index (Phi) is 18.6. The highest BCUT2D eigenvalue weighted by molar-refractivity contribution is 7.48. The van der Waals surface area contributed by atoms with Crippen molar-refractivity contribution in [1.29, 1.82) is 0 Å². The second-order valence-corrected chi connectivity index (χ2v) is 9.03. The van der Waals surface area contributed by atoms with E-state index in [-0.39, 0.29) is 19.8 Å². The highest BCUT2D eigenvalue weighted by atomic mass is 31.2. The molecule has 0 fully saturated rings. The molecule has 0 heterocycles. The molecule has 0 bridgehead atoms. The lowest BCUT2D eigenvalue weighted by Gasteiger charge is -2.17. The smallest absolute Gasteiger partial charge is 0.379 e. The van der Waals surface area contributed by atoms with Gasteiger partial charge in [-0.3, -0.25) is 13.6 Å². The van der Waals surface area contributed by atoms with E-state index in [2.05, 4.69) is 20.8 Å². The van der Waals surface area contributed by atoms with Gasteiger partial charge in [0.25, 0.3) is 0 Å². The third kappa shape index (κ3) is 20.9. The van der Waals surface area contributed by atoms with E-state index in [0.29, 0.717) is 58.3 Å². The number of ether oxygens (including phenoxy) is 5. The molecule has 9 nitrogen and oxygen atoms in total. The predicted octanol–water partition coefficient (Wildman–Crippen LogP) is 3.31. The highest BCUT2D eigenvalue weighted by Crippen LogP contribution is 2.48. The Labute approximate surface area is 176 Å². The molecular formula is C19H41O9P. The van der Waals surface area contributed by atoms with Crippen molar-refractivity contribution >= 4 is 7.82 Å². The molecule has 0 saturated heterocycles. The van der Waals surface area contributed by atoms with Crippen LogP contribution in [0.1, 0.15) is 34.1 Å². The lowest BCUT2D eigenvalue weighted by atomic mass is 9.93. The van der Waals surface area contributed by atoms with Crippen LogP contribution in [0.3, 0.4) is 0 Å². The molecule has 0 rings (SSSR count). The second-order valence-electron chi connectivity index (χ2n) is 7.25.